The van der Waals surface area contributed by atoms with E-state index < -0.39 is 0 Å². The van der Waals surface area contributed by atoms with Crippen LogP contribution < -0.4 is 15.5 Å². The summed E-state index contributed by atoms with van der Waals surface area (Å²) in [5, 5.41) is 7.15. The van der Waals surface area contributed by atoms with E-state index in [-0.39, 0.29) is 5.54 Å². The lowest BCUT2D eigenvalue weighted by atomic mass is 9.92. The van der Waals surface area contributed by atoms with Crippen LogP contribution in [-0.4, -0.2) is 26.3 Å². The molecule has 0 bridgehead atoms. The van der Waals surface area contributed by atoms with Crippen LogP contribution in [0.1, 0.15) is 37.3 Å². The highest BCUT2D eigenvalue weighted by Gasteiger charge is 2.44. The first kappa shape index (κ1) is 12.9. The van der Waals surface area contributed by atoms with Gasteiger partial charge in [-0.3, -0.25) is 5.32 Å². The van der Waals surface area contributed by atoms with E-state index >= 15 is 0 Å². The third-order valence-electron chi connectivity index (χ3n) is 4.48. The lowest BCUT2D eigenvalue weighted by molar-refractivity contribution is 0.438. The van der Waals surface area contributed by atoms with Gasteiger partial charge in [-0.15, -0.1) is 0 Å². The molecule has 2 aliphatic rings. The number of nitrogens with zero attached hydrogens (tertiary/aromatic N) is 1. The van der Waals surface area contributed by atoms with E-state index in [0.717, 1.165) is 19.8 Å². The number of unbranched alkanes of at least 4 members (excludes halogenated alkanes) is 2. The van der Waals surface area contributed by atoms with Gasteiger partial charge in [0.05, 0.1) is 5.54 Å². The van der Waals surface area contributed by atoms with Crippen LogP contribution in [0.15, 0.2) is 18.2 Å². The summed E-state index contributed by atoms with van der Waals surface area (Å²) in [6, 6.07) is 6.92. The fourth-order valence-corrected chi connectivity index (χ4v) is 3.43. The smallest absolute Gasteiger partial charge is 0.0768 e. The highest BCUT2D eigenvalue weighted by molar-refractivity contribution is 5.64. The zero-order valence-electron chi connectivity index (χ0n) is 12.1. The second-order valence-corrected chi connectivity index (χ2v) is 6.01. The zero-order chi connectivity index (χ0) is 13.3. The first-order valence-corrected chi connectivity index (χ1v) is 7.57. The summed E-state index contributed by atoms with van der Waals surface area (Å²) in [5.41, 5.74) is 4.45. The molecular weight excluding hydrogens is 234 g/mol. The molecule has 104 valence electrons. The molecule has 1 aromatic rings. The Kier molecular flexibility index (Phi) is 3.50. The zero-order valence-corrected chi connectivity index (χ0v) is 12.1. The van der Waals surface area contributed by atoms with Crippen molar-refractivity contribution in [3.05, 3.63) is 29.3 Å². The molecule has 1 atom stereocenters. The van der Waals surface area contributed by atoms with Gasteiger partial charge in [-0.1, -0.05) is 37.5 Å². The van der Waals surface area contributed by atoms with E-state index in [2.05, 4.69) is 47.6 Å². The van der Waals surface area contributed by atoms with Gasteiger partial charge in [-0.2, -0.15) is 0 Å². The quantitative estimate of drug-likeness (QED) is 0.813. The summed E-state index contributed by atoms with van der Waals surface area (Å²) < 4.78 is 0. The standard InChI is InChI=1S/C16H25N3/c1-3-4-5-8-19-11-16(10-17-12-18-16)14-9-13(2)6-7-15(14)19/h6-7,9,17-18H,3-5,8,10-12H2,1-2H3. The van der Waals surface area contributed by atoms with Crippen LogP contribution in [0.5, 0.6) is 0 Å². The molecule has 19 heavy (non-hydrogen) atoms. The van der Waals surface area contributed by atoms with E-state index in [4.69, 9.17) is 0 Å². The van der Waals surface area contributed by atoms with E-state index in [9.17, 15) is 0 Å². The Labute approximate surface area is 116 Å². The van der Waals surface area contributed by atoms with Gasteiger partial charge in [0, 0.05) is 32.0 Å². The van der Waals surface area contributed by atoms with Crippen LogP contribution in [0.3, 0.4) is 0 Å². The average molecular weight is 259 g/mol. The molecule has 0 aliphatic carbocycles. The van der Waals surface area contributed by atoms with Crippen molar-refractivity contribution in [3.8, 4) is 0 Å². The second-order valence-electron chi connectivity index (χ2n) is 6.01. The summed E-state index contributed by atoms with van der Waals surface area (Å²) in [6.45, 7) is 8.74. The van der Waals surface area contributed by atoms with Gasteiger partial charge in [0.1, 0.15) is 0 Å². The Morgan fingerprint density at radius 1 is 1.32 bits per heavy atom. The van der Waals surface area contributed by atoms with Crippen molar-refractivity contribution in [2.75, 3.05) is 31.2 Å². The summed E-state index contributed by atoms with van der Waals surface area (Å²) >= 11 is 0. The van der Waals surface area contributed by atoms with Gasteiger partial charge in [-0.25, -0.2) is 0 Å². The molecule has 1 aromatic carbocycles. The van der Waals surface area contributed by atoms with Crippen molar-refractivity contribution in [2.45, 2.75) is 38.6 Å². The number of nitrogens with one attached hydrogen (secondary N) is 2. The predicted octanol–water partition coefficient (Wildman–Crippen LogP) is 2.35. The molecule has 3 heteroatoms. The molecule has 1 saturated heterocycles. The molecule has 1 unspecified atom stereocenters. The van der Waals surface area contributed by atoms with Gasteiger partial charge in [-0.05, 0) is 25.0 Å². The number of anilines is 1. The fraction of sp³-hybridized carbons (Fsp3) is 0.625. The van der Waals surface area contributed by atoms with Crippen LogP contribution in [0, 0.1) is 6.92 Å². The van der Waals surface area contributed by atoms with Gasteiger partial charge in [0.2, 0.25) is 0 Å². The molecule has 0 saturated carbocycles. The van der Waals surface area contributed by atoms with E-state index in [0.29, 0.717) is 0 Å². The van der Waals surface area contributed by atoms with Crippen LogP contribution in [0.2, 0.25) is 0 Å². The number of aryl methyl sites for hydroxylation is 1. The molecular formula is C16H25N3. The average Bonchev–Trinajstić information content (AvgIpc) is 2.98. The fourth-order valence-electron chi connectivity index (χ4n) is 3.43. The van der Waals surface area contributed by atoms with E-state index in [1.54, 1.807) is 0 Å². The molecule has 0 radical (unpaired) electrons. The van der Waals surface area contributed by atoms with Crippen LogP contribution >= 0.6 is 0 Å². The van der Waals surface area contributed by atoms with Gasteiger partial charge < -0.3 is 10.2 Å². The minimum absolute atomic E-state index is 0.146. The molecule has 2 aliphatic heterocycles. The number of hydrogen-bond acceptors (Lipinski definition) is 3. The normalized spacial score (nSPS) is 25.3. The summed E-state index contributed by atoms with van der Waals surface area (Å²) in [6.07, 6.45) is 3.92. The Balaban J connectivity index is 1.87. The number of benzene rings is 1. The van der Waals surface area contributed by atoms with Crippen molar-refractivity contribution >= 4 is 5.69 Å². The largest absolute Gasteiger partial charge is 0.369 e. The van der Waals surface area contributed by atoms with Crippen molar-refractivity contribution in [1.82, 2.24) is 10.6 Å². The van der Waals surface area contributed by atoms with Crippen LogP contribution in [-0.2, 0) is 5.54 Å². The Morgan fingerprint density at radius 2 is 2.21 bits per heavy atom. The maximum atomic E-state index is 3.68. The molecule has 1 fully saturated rings. The molecule has 2 N–H and O–H groups in total. The molecule has 0 amide bonds. The maximum absolute atomic E-state index is 3.68. The first-order chi connectivity index (χ1) is 9.25. The van der Waals surface area contributed by atoms with Crippen molar-refractivity contribution in [3.63, 3.8) is 0 Å². The highest BCUT2D eigenvalue weighted by Crippen LogP contribution is 2.40. The Hall–Kier alpha value is -1.06. The molecule has 0 aromatic heterocycles. The SMILES string of the molecule is CCCCCN1CC2(CNCN2)c2cc(C)ccc21. The van der Waals surface area contributed by atoms with Crippen molar-refractivity contribution in [2.24, 2.45) is 0 Å². The Morgan fingerprint density at radius 3 is 2.95 bits per heavy atom. The van der Waals surface area contributed by atoms with Gasteiger partial charge in [0.15, 0.2) is 0 Å². The molecule has 3 nitrogen and oxygen atoms in total. The number of hydrogen-bond donors (Lipinski definition) is 2. The van der Waals surface area contributed by atoms with Crippen molar-refractivity contribution < 1.29 is 0 Å². The van der Waals surface area contributed by atoms with Gasteiger partial charge >= 0.3 is 0 Å². The number of rotatable bonds is 4. The molecule has 2 heterocycles. The second kappa shape index (κ2) is 5.14. The topological polar surface area (TPSA) is 27.3 Å². The summed E-state index contributed by atoms with van der Waals surface area (Å²) in [5.74, 6) is 0. The lowest BCUT2D eigenvalue weighted by Gasteiger charge is -2.25. The first-order valence-electron chi connectivity index (χ1n) is 7.57. The minimum atomic E-state index is 0.146. The van der Waals surface area contributed by atoms with Crippen LogP contribution in [0.4, 0.5) is 5.69 Å². The molecule has 1 spiro atoms. The number of fused-ring (bicyclic) bond motifs is 2. The highest BCUT2D eigenvalue weighted by atomic mass is 15.3. The monoisotopic (exact) mass is 259 g/mol. The third-order valence-corrected chi connectivity index (χ3v) is 4.48. The maximum Gasteiger partial charge on any atom is 0.0768 e. The summed E-state index contributed by atoms with van der Waals surface area (Å²) in [4.78, 5) is 2.57. The third kappa shape index (κ3) is 2.26. The lowest BCUT2D eigenvalue weighted by Crippen LogP contribution is -2.44. The van der Waals surface area contributed by atoms with Gasteiger partial charge in [0.25, 0.3) is 0 Å². The predicted molar refractivity (Wildman–Crippen MR) is 80.6 cm³/mol. The van der Waals surface area contributed by atoms with E-state index in [1.165, 1.54) is 42.6 Å². The minimum Gasteiger partial charge on any atom is -0.369 e. The molecule has 3 rings (SSSR count). The van der Waals surface area contributed by atoms with Crippen molar-refractivity contribution in [1.29, 1.82) is 0 Å². The summed E-state index contributed by atoms with van der Waals surface area (Å²) in [7, 11) is 0. The van der Waals surface area contributed by atoms with Crippen LogP contribution in [0.25, 0.3) is 0 Å². The van der Waals surface area contributed by atoms with E-state index in [1.807, 2.05) is 0 Å². The Bertz CT molecular complexity index is 449.